The number of anilines is 1. The van der Waals surface area contributed by atoms with Gasteiger partial charge >= 0.3 is 0 Å². The van der Waals surface area contributed by atoms with Gasteiger partial charge in [-0.05, 0) is 18.2 Å². The van der Waals surface area contributed by atoms with Gasteiger partial charge in [0, 0.05) is 12.7 Å². The van der Waals surface area contributed by atoms with E-state index >= 15 is 0 Å². The summed E-state index contributed by atoms with van der Waals surface area (Å²) in [5.74, 6) is 0.409. The number of para-hydroxylation sites is 1. The SMILES string of the molecule is Cn1c(CNc2nc3ccccc3c(=O)[nH]2)cc(Cl)c1Cl. The molecule has 0 saturated heterocycles. The number of halogens is 2. The molecule has 7 heteroatoms. The number of benzene rings is 1. The summed E-state index contributed by atoms with van der Waals surface area (Å²) in [6, 6.07) is 8.96. The molecule has 2 heterocycles. The minimum atomic E-state index is -0.175. The Morgan fingerprint density at radius 3 is 2.81 bits per heavy atom. The van der Waals surface area contributed by atoms with Crippen LogP contribution in [0.5, 0.6) is 0 Å². The number of aromatic nitrogens is 3. The van der Waals surface area contributed by atoms with Gasteiger partial charge in [0.2, 0.25) is 5.95 Å². The molecule has 3 aromatic rings. The molecule has 21 heavy (non-hydrogen) atoms. The standard InChI is InChI=1S/C14H12Cl2N4O/c1-20-8(6-10(15)12(20)16)7-17-14-18-11-5-3-2-4-9(11)13(21)19-14/h2-6H,7H2,1H3,(H2,17,18,19,21). The highest BCUT2D eigenvalue weighted by Crippen LogP contribution is 2.25. The number of nitrogens with one attached hydrogen (secondary N) is 2. The van der Waals surface area contributed by atoms with Gasteiger partial charge in [-0.1, -0.05) is 35.3 Å². The summed E-state index contributed by atoms with van der Waals surface area (Å²) in [5, 5.41) is 4.61. The van der Waals surface area contributed by atoms with E-state index in [0.29, 0.717) is 33.6 Å². The second-order valence-corrected chi connectivity index (χ2v) is 5.38. The van der Waals surface area contributed by atoms with Crippen LogP contribution in [0.3, 0.4) is 0 Å². The summed E-state index contributed by atoms with van der Waals surface area (Å²) in [6.45, 7) is 0.449. The van der Waals surface area contributed by atoms with E-state index in [1.807, 2.05) is 13.1 Å². The minimum absolute atomic E-state index is 0.175. The zero-order chi connectivity index (χ0) is 15.0. The van der Waals surface area contributed by atoms with Crippen LogP contribution in [0.4, 0.5) is 5.95 Å². The van der Waals surface area contributed by atoms with Crippen LogP contribution in [-0.4, -0.2) is 14.5 Å². The molecule has 0 aliphatic heterocycles. The van der Waals surface area contributed by atoms with Crippen LogP contribution in [0, 0.1) is 0 Å². The lowest BCUT2D eigenvalue weighted by atomic mass is 10.2. The Kier molecular flexibility index (Phi) is 3.61. The maximum atomic E-state index is 12.0. The van der Waals surface area contributed by atoms with Crippen molar-refractivity contribution in [2.45, 2.75) is 6.54 Å². The van der Waals surface area contributed by atoms with Crippen molar-refractivity contribution >= 4 is 40.1 Å². The van der Waals surface area contributed by atoms with E-state index in [9.17, 15) is 4.79 Å². The first-order chi connectivity index (χ1) is 10.1. The number of nitrogens with zero attached hydrogens (tertiary/aromatic N) is 2. The predicted octanol–water partition coefficient (Wildman–Crippen LogP) is 3.18. The van der Waals surface area contributed by atoms with Crippen molar-refractivity contribution in [3.63, 3.8) is 0 Å². The molecule has 2 N–H and O–H groups in total. The molecular formula is C14H12Cl2N4O. The summed E-state index contributed by atoms with van der Waals surface area (Å²) in [4.78, 5) is 19.0. The zero-order valence-corrected chi connectivity index (χ0v) is 12.7. The Balaban J connectivity index is 1.88. The molecule has 108 valence electrons. The summed E-state index contributed by atoms with van der Waals surface area (Å²) < 4.78 is 1.77. The fourth-order valence-electron chi connectivity index (χ4n) is 2.10. The Morgan fingerprint density at radius 2 is 2.10 bits per heavy atom. The van der Waals surface area contributed by atoms with E-state index in [-0.39, 0.29) is 5.56 Å². The molecule has 0 aliphatic rings. The lowest BCUT2D eigenvalue weighted by Gasteiger charge is -2.07. The number of fused-ring (bicyclic) bond motifs is 1. The van der Waals surface area contributed by atoms with Crippen molar-refractivity contribution in [3.05, 3.63) is 56.6 Å². The number of H-pyrrole nitrogens is 1. The van der Waals surface area contributed by atoms with Gasteiger partial charge in [0.15, 0.2) is 0 Å². The maximum absolute atomic E-state index is 12.0. The molecule has 0 radical (unpaired) electrons. The fourth-order valence-corrected chi connectivity index (χ4v) is 2.52. The van der Waals surface area contributed by atoms with Gasteiger partial charge in [0.05, 0.1) is 22.5 Å². The third kappa shape index (κ3) is 2.62. The second kappa shape index (κ2) is 5.42. The highest BCUT2D eigenvalue weighted by atomic mass is 35.5. The Hall–Kier alpha value is -1.98. The molecule has 0 spiro atoms. The van der Waals surface area contributed by atoms with Gasteiger partial charge in [-0.15, -0.1) is 0 Å². The first kappa shape index (κ1) is 14.0. The third-order valence-corrected chi connectivity index (χ3v) is 4.11. The van der Waals surface area contributed by atoms with Gasteiger partial charge in [0.1, 0.15) is 5.15 Å². The van der Waals surface area contributed by atoms with Gasteiger partial charge < -0.3 is 9.88 Å². The van der Waals surface area contributed by atoms with Crippen LogP contribution in [-0.2, 0) is 13.6 Å². The quantitative estimate of drug-likeness (QED) is 0.778. The summed E-state index contributed by atoms with van der Waals surface area (Å²) >= 11 is 12.0. The van der Waals surface area contributed by atoms with E-state index in [2.05, 4.69) is 15.3 Å². The molecule has 5 nitrogen and oxygen atoms in total. The van der Waals surface area contributed by atoms with Gasteiger partial charge in [-0.3, -0.25) is 9.78 Å². The van der Waals surface area contributed by atoms with Gasteiger partial charge in [-0.25, -0.2) is 4.98 Å². The first-order valence-electron chi connectivity index (χ1n) is 6.29. The molecule has 0 unspecified atom stereocenters. The topological polar surface area (TPSA) is 62.7 Å². The highest BCUT2D eigenvalue weighted by molar-refractivity contribution is 6.41. The van der Waals surface area contributed by atoms with Crippen molar-refractivity contribution in [1.29, 1.82) is 0 Å². The van der Waals surface area contributed by atoms with Crippen LogP contribution < -0.4 is 10.9 Å². The van der Waals surface area contributed by atoms with E-state index < -0.39 is 0 Å². The smallest absolute Gasteiger partial charge is 0.260 e. The van der Waals surface area contributed by atoms with E-state index in [0.717, 1.165) is 5.69 Å². The van der Waals surface area contributed by atoms with Crippen molar-refractivity contribution in [1.82, 2.24) is 14.5 Å². The zero-order valence-electron chi connectivity index (χ0n) is 11.2. The molecule has 0 fully saturated rings. The molecule has 0 saturated carbocycles. The lowest BCUT2D eigenvalue weighted by molar-refractivity contribution is 0.838. The van der Waals surface area contributed by atoms with Crippen LogP contribution in [0.1, 0.15) is 5.69 Å². The Morgan fingerprint density at radius 1 is 1.33 bits per heavy atom. The van der Waals surface area contributed by atoms with Crippen molar-refractivity contribution in [2.75, 3.05) is 5.32 Å². The summed E-state index contributed by atoms with van der Waals surface area (Å²) in [5.41, 5.74) is 1.36. The normalized spacial score (nSPS) is 11.0. The summed E-state index contributed by atoms with van der Waals surface area (Å²) in [7, 11) is 1.82. The monoisotopic (exact) mass is 322 g/mol. The number of rotatable bonds is 3. The number of hydrogen-bond acceptors (Lipinski definition) is 3. The molecule has 0 atom stereocenters. The van der Waals surface area contributed by atoms with Crippen molar-refractivity contribution < 1.29 is 0 Å². The molecular weight excluding hydrogens is 311 g/mol. The molecule has 3 rings (SSSR count). The maximum Gasteiger partial charge on any atom is 0.260 e. The molecule has 0 aliphatic carbocycles. The van der Waals surface area contributed by atoms with Crippen molar-refractivity contribution in [2.24, 2.45) is 7.05 Å². The molecule has 0 amide bonds. The van der Waals surface area contributed by atoms with Crippen LogP contribution in [0.15, 0.2) is 35.1 Å². The lowest BCUT2D eigenvalue weighted by Crippen LogP contribution is -2.14. The minimum Gasteiger partial charge on any atom is -0.350 e. The predicted molar refractivity (Wildman–Crippen MR) is 85.1 cm³/mol. The van der Waals surface area contributed by atoms with Gasteiger partial charge in [-0.2, -0.15) is 0 Å². The highest BCUT2D eigenvalue weighted by Gasteiger charge is 2.09. The average molecular weight is 323 g/mol. The van der Waals surface area contributed by atoms with E-state index in [4.69, 9.17) is 23.2 Å². The average Bonchev–Trinajstić information content (AvgIpc) is 2.72. The Labute approximate surface area is 130 Å². The first-order valence-corrected chi connectivity index (χ1v) is 7.04. The van der Waals surface area contributed by atoms with Crippen LogP contribution in [0.25, 0.3) is 10.9 Å². The molecule has 0 bridgehead atoms. The van der Waals surface area contributed by atoms with E-state index in [1.54, 1.807) is 28.8 Å². The Bertz CT molecular complexity index is 869. The van der Waals surface area contributed by atoms with Crippen LogP contribution in [0.2, 0.25) is 10.2 Å². The molecule has 1 aromatic carbocycles. The fraction of sp³-hybridized carbons (Fsp3) is 0.143. The number of hydrogen-bond donors (Lipinski definition) is 2. The summed E-state index contributed by atoms with van der Waals surface area (Å²) in [6.07, 6.45) is 0. The van der Waals surface area contributed by atoms with Crippen molar-refractivity contribution in [3.8, 4) is 0 Å². The largest absolute Gasteiger partial charge is 0.350 e. The van der Waals surface area contributed by atoms with Crippen LogP contribution >= 0.6 is 23.2 Å². The second-order valence-electron chi connectivity index (χ2n) is 4.62. The van der Waals surface area contributed by atoms with Gasteiger partial charge in [0.25, 0.3) is 5.56 Å². The third-order valence-electron chi connectivity index (χ3n) is 3.27. The van der Waals surface area contributed by atoms with E-state index in [1.165, 1.54) is 0 Å². The number of aromatic amines is 1. The molecule has 2 aromatic heterocycles.